The second-order valence-electron chi connectivity index (χ2n) is 17.4. The molecule has 62 heavy (non-hydrogen) atoms. The highest BCUT2D eigenvalue weighted by Gasteiger charge is 2.17. The third kappa shape index (κ3) is 50.0. The van der Waals surface area contributed by atoms with E-state index in [0.717, 1.165) is 89.9 Å². The van der Waals surface area contributed by atoms with Crippen molar-refractivity contribution in [3.05, 3.63) is 72.9 Å². The molecule has 5 heteroatoms. The van der Waals surface area contributed by atoms with E-state index in [-0.39, 0.29) is 25.2 Å². The van der Waals surface area contributed by atoms with Crippen LogP contribution in [0.1, 0.15) is 252 Å². The summed E-state index contributed by atoms with van der Waals surface area (Å²) in [6, 6.07) is 0. The largest absolute Gasteiger partial charge is 0.462 e. The summed E-state index contributed by atoms with van der Waals surface area (Å²) in [5.41, 5.74) is 0. The Morgan fingerprint density at radius 2 is 0.726 bits per heavy atom. The molecule has 0 heterocycles. The van der Waals surface area contributed by atoms with Gasteiger partial charge in [0, 0.05) is 19.4 Å². The number of carbonyl (C=O) groups excluding carboxylic acids is 2. The number of esters is 2. The van der Waals surface area contributed by atoms with Gasteiger partial charge in [0.2, 0.25) is 0 Å². The van der Waals surface area contributed by atoms with Crippen molar-refractivity contribution in [2.45, 2.75) is 258 Å². The summed E-state index contributed by atoms with van der Waals surface area (Å²) in [5.74, 6) is -0.429. The van der Waals surface area contributed by atoms with Gasteiger partial charge in [-0.2, -0.15) is 0 Å². The second kappa shape index (κ2) is 52.7. The fourth-order valence-corrected chi connectivity index (χ4v) is 7.36. The van der Waals surface area contributed by atoms with Crippen molar-refractivity contribution >= 4 is 11.9 Å². The van der Waals surface area contributed by atoms with Crippen molar-refractivity contribution < 1.29 is 23.8 Å². The fourth-order valence-electron chi connectivity index (χ4n) is 7.36. The van der Waals surface area contributed by atoms with Gasteiger partial charge in [-0.15, -0.1) is 0 Å². The van der Waals surface area contributed by atoms with E-state index in [1.165, 1.54) is 128 Å². The van der Waals surface area contributed by atoms with Gasteiger partial charge >= 0.3 is 11.9 Å². The first-order valence-corrected chi connectivity index (χ1v) is 26.5. The Bertz CT molecular complexity index is 1110. The summed E-state index contributed by atoms with van der Waals surface area (Å²) in [6.07, 6.45) is 67.7. The number of unbranched alkanes of at least 4 members (excludes halogenated alkanes) is 25. The lowest BCUT2D eigenvalue weighted by Gasteiger charge is -2.18. The lowest BCUT2D eigenvalue weighted by molar-refractivity contribution is -0.163. The Kier molecular flexibility index (Phi) is 50.4. The van der Waals surface area contributed by atoms with Crippen molar-refractivity contribution in [3.63, 3.8) is 0 Å². The molecule has 0 spiro atoms. The van der Waals surface area contributed by atoms with Crippen LogP contribution < -0.4 is 0 Å². The van der Waals surface area contributed by atoms with Gasteiger partial charge in [0.25, 0.3) is 0 Å². The monoisotopic (exact) mass is 865 g/mol. The topological polar surface area (TPSA) is 61.8 Å². The predicted octanol–water partition coefficient (Wildman–Crippen LogP) is 17.9. The molecular weight excluding hydrogens is 765 g/mol. The molecule has 5 nitrogen and oxygen atoms in total. The Balaban J connectivity index is 4.29. The molecule has 0 saturated heterocycles. The molecule has 0 aromatic heterocycles. The summed E-state index contributed by atoms with van der Waals surface area (Å²) in [6.45, 7) is 7.58. The average molecular weight is 865 g/mol. The van der Waals surface area contributed by atoms with Crippen LogP contribution in [-0.4, -0.2) is 37.9 Å². The van der Waals surface area contributed by atoms with Crippen LogP contribution in [0.3, 0.4) is 0 Å². The van der Waals surface area contributed by atoms with E-state index in [4.69, 9.17) is 14.2 Å². The Morgan fingerprint density at radius 1 is 0.371 bits per heavy atom. The number of allylic oxidation sites excluding steroid dienone is 12. The smallest absolute Gasteiger partial charge is 0.306 e. The third-order valence-corrected chi connectivity index (χ3v) is 11.2. The van der Waals surface area contributed by atoms with Crippen LogP contribution in [0.5, 0.6) is 0 Å². The van der Waals surface area contributed by atoms with Gasteiger partial charge in [-0.25, -0.2) is 0 Å². The molecule has 1 unspecified atom stereocenters. The summed E-state index contributed by atoms with van der Waals surface area (Å²) in [7, 11) is 0. The van der Waals surface area contributed by atoms with Crippen molar-refractivity contribution in [1.82, 2.24) is 0 Å². The summed E-state index contributed by atoms with van der Waals surface area (Å²) in [4.78, 5) is 25.4. The van der Waals surface area contributed by atoms with Gasteiger partial charge in [-0.1, -0.05) is 229 Å². The highest BCUT2D eigenvalue weighted by atomic mass is 16.6. The maximum absolute atomic E-state index is 12.8. The second-order valence-corrected chi connectivity index (χ2v) is 17.4. The Morgan fingerprint density at radius 3 is 1.18 bits per heavy atom. The number of carbonyl (C=O) groups is 2. The molecular formula is C57H100O5. The van der Waals surface area contributed by atoms with Crippen LogP contribution >= 0.6 is 0 Å². The molecule has 0 aliphatic heterocycles. The van der Waals surface area contributed by atoms with Crippen LogP contribution in [0.15, 0.2) is 72.9 Å². The van der Waals surface area contributed by atoms with Crippen molar-refractivity contribution in [2.24, 2.45) is 0 Å². The zero-order valence-corrected chi connectivity index (χ0v) is 41.1. The molecule has 0 saturated carbocycles. The van der Waals surface area contributed by atoms with Crippen molar-refractivity contribution in [1.29, 1.82) is 0 Å². The van der Waals surface area contributed by atoms with E-state index in [2.05, 4.69) is 93.7 Å². The maximum Gasteiger partial charge on any atom is 0.306 e. The van der Waals surface area contributed by atoms with Crippen molar-refractivity contribution in [3.8, 4) is 0 Å². The molecule has 0 aromatic carbocycles. The van der Waals surface area contributed by atoms with E-state index >= 15 is 0 Å². The first kappa shape index (κ1) is 59.3. The first-order valence-electron chi connectivity index (χ1n) is 26.5. The summed E-state index contributed by atoms with van der Waals surface area (Å²) in [5, 5.41) is 0. The molecule has 0 aliphatic rings. The van der Waals surface area contributed by atoms with E-state index in [1.807, 2.05) is 0 Å². The number of hydrogen-bond donors (Lipinski definition) is 0. The molecule has 0 aromatic rings. The molecule has 0 N–H and O–H groups in total. The van der Waals surface area contributed by atoms with Crippen LogP contribution in [0.2, 0.25) is 0 Å². The SMILES string of the molecule is CC/C=C\C/C=C\C/C=C\CCCCCCCCCCOCC(COC(=O)CCCCCCCCCCCCCCCCC)OC(=O)CCCCC/C=C\C/C=C\C/C=C\CC. The minimum Gasteiger partial charge on any atom is -0.462 e. The van der Waals surface area contributed by atoms with Gasteiger partial charge in [0.1, 0.15) is 6.61 Å². The summed E-state index contributed by atoms with van der Waals surface area (Å²) >= 11 is 0. The average Bonchev–Trinajstić information content (AvgIpc) is 3.27. The highest BCUT2D eigenvalue weighted by molar-refractivity contribution is 5.70. The first-order chi connectivity index (χ1) is 30.6. The Labute approximate surface area is 385 Å². The van der Waals surface area contributed by atoms with E-state index in [1.54, 1.807) is 0 Å². The van der Waals surface area contributed by atoms with Gasteiger partial charge < -0.3 is 14.2 Å². The number of rotatable bonds is 48. The highest BCUT2D eigenvalue weighted by Crippen LogP contribution is 2.15. The third-order valence-electron chi connectivity index (χ3n) is 11.2. The molecule has 358 valence electrons. The van der Waals surface area contributed by atoms with Crippen molar-refractivity contribution in [2.75, 3.05) is 19.8 Å². The van der Waals surface area contributed by atoms with Gasteiger partial charge in [0.05, 0.1) is 6.61 Å². The van der Waals surface area contributed by atoms with E-state index in [0.29, 0.717) is 19.4 Å². The molecule has 0 fully saturated rings. The molecule has 0 radical (unpaired) electrons. The standard InChI is InChI=1S/C57H100O5/c1-4-7-10-13-16-19-22-25-27-28-29-31-34-37-40-43-46-49-52-60-53-55(62-57(59)51-48-45-42-39-36-32-24-21-18-15-12-9-6-3)54-61-56(58)50-47-44-41-38-35-33-30-26-23-20-17-14-11-8-5-2/h7,9-10,12,16,18-19,21,25,27,32,36,55H,4-6,8,11,13-15,17,20,22-24,26,28-31,33-35,37-54H2,1-3H3/b10-7-,12-9-,19-16-,21-18-,27-25-,36-32-. The quantitative estimate of drug-likeness (QED) is 0.0346. The van der Waals surface area contributed by atoms with Crippen LogP contribution in [0.4, 0.5) is 0 Å². The van der Waals surface area contributed by atoms with Crippen LogP contribution in [0.25, 0.3) is 0 Å². The zero-order chi connectivity index (χ0) is 44.9. The minimum absolute atomic E-state index is 0.0707. The minimum atomic E-state index is -0.555. The molecule has 0 rings (SSSR count). The van der Waals surface area contributed by atoms with E-state index < -0.39 is 6.10 Å². The molecule has 0 amide bonds. The lowest BCUT2D eigenvalue weighted by Crippen LogP contribution is -2.30. The van der Waals surface area contributed by atoms with Gasteiger partial charge in [-0.3, -0.25) is 9.59 Å². The summed E-state index contributed by atoms with van der Waals surface area (Å²) < 4.78 is 17.4. The maximum atomic E-state index is 12.8. The molecule has 1 atom stereocenters. The normalized spacial score (nSPS) is 12.8. The lowest BCUT2D eigenvalue weighted by atomic mass is 10.0. The van der Waals surface area contributed by atoms with Crippen LogP contribution in [0, 0.1) is 0 Å². The fraction of sp³-hybridized carbons (Fsp3) is 0.754. The van der Waals surface area contributed by atoms with Crippen LogP contribution in [-0.2, 0) is 23.8 Å². The molecule has 0 bridgehead atoms. The predicted molar refractivity (Wildman–Crippen MR) is 270 cm³/mol. The number of hydrogen-bond acceptors (Lipinski definition) is 5. The van der Waals surface area contributed by atoms with Gasteiger partial charge in [-0.05, 0) is 83.5 Å². The Hall–Kier alpha value is -2.66. The number of ether oxygens (including phenoxy) is 3. The molecule has 0 aliphatic carbocycles. The zero-order valence-electron chi connectivity index (χ0n) is 41.1. The van der Waals surface area contributed by atoms with Gasteiger partial charge in [0.15, 0.2) is 6.10 Å². The van der Waals surface area contributed by atoms with E-state index in [9.17, 15) is 9.59 Å².